The first-order valence-electron chi connectivity index (χ1n) is 9.32. The van der Waals surface area contributed by atoms with Crippen molar-refractivity contribution >= 4 is 23.4 Å². The average molecular weight is 465 g/mol. The van der Waals surface area contributed by atoms with E-state index in [2.05, 4.69) is 25.6 Å². The van der Waals surface area contributed by atoms with Gasteiger partial charge in [0, 0.05) is 12.6 Å². The Kier molecular flexibility index (Phi) is 6.80. The van der Waals surface area contributed by atoms with Crippen LogP contribution in [0.1, 0.15) is 39.4 Å². The van der Waals surface area contributed by atoms with E-state index >= 15 is 0 Å². The summed E-state index contributed by atoms with van der Waals surface area (Å²) in [4.78, 5) is 48.6. The Labute approximate surface area is 183 Å². The Balaban J connectivity index is 1.66. The molecule has 10 nitrogen and oxygen atoms in total. The summed E-state index contributed by atoms with van der Waals surface area (Å²) in [5.41, 5.74) is -1.13. The van der Waals surface area contributed by atoms with E-state index in [1.54, 1.807) is 6.07 Å². The lowest BCUT2D eigenvalue weighted by molar-refractivity contribution is -0.131. The van der Waals surface area contributed by atoms with Gasteiger partial charge >= 0.3 is 0 Å². The molecule has 3 heterocycles. The topological polar surface area (TPSA) is 141 Å². The van der Waals surface area contributed by atoms with Gasteiger partial charge in [0.1, 0.15) is 17.4 Å². The van der Waals surface area contributed by atoms with Crippen LogP contribution in [0.5, 0.6) is 0 Å². The van der Waals surface area contributed by atoms with E-state index in [9.17, 15) is 31.9 Å². The van der Waals surface area contributed by atoms with Crippen molar-refractivity contribution in [3.05, 3.63) is 47.8 Å². The van der Waals surface area contributed by atoms with Crippen molar-refractivity contribution in [1.82, 2.24) is 25.2 Å². The molecule has 2 aromatic heterocycles. The van der Waals surface area contributed by atoms with E-state index in [0.717, 1.165) is 18.6 Å². The molecule has 0 aromatic carbocycles. The molecule has 0 radical (unpaired) electrons. The molecule has 33 heavy (non-hydrogen) atoms. The predicted molar refractivity (Wildman–Crippen MR) is 102 cm³/mol. The molecular formula is C19H15F4N7O3. The number of carbonyl (C=O) groups excluding carboxylic acids is 3. The first kappa shape index (κ1) is 23.5. The Morgan fingerprint density at radius 3 is 2.61 bits per heavy atom. The minimum absolute atomic E-state index is 0.0882. The second-order valence-corrected chi connectivity index (χ2v) is 6.91. The Morgan fingerprint density at radius 2 is 1.97 bits per heavy atom. The molecule has 1 aliphatic heterocycles. The monoisotopic (exact) mass is 465 g/mol. The summed E-state index contributed by atoms with van der Waals surface area (Å²) in [6, 6.07) is 1.55. The Morgan fingerprint density at radius 1 is 1.21 bits per heavy atom. The summed E-state index contributed by atoms with van der Waals surface area (Å²) in [7, 11) is 0. The molecule has 0 saturated carbocycles. The average Bonchev–Trinajstić information content (AvgIpc) is 3.12. The second kappa shape index (κ2) is 9.55. The Bertz CT molecular complexity index is 1110. The molecular weight excluding hydrogens is 450 g/mol. The van der Waals surface area contributed by atoms with E-state index in [4.69, 9.17) is 5.26 Å². The van der Waals surface area contributed by atoms with Crippen LogP contribution in [0.3, 0.4) is 0 Å². The second-order valence-electron chi connectivity index (χ2n) is 6.91. The van der Waals surface area contributed by atoms with Crippen molar-refractivity contribution in [2.24, 2.45) is 0 Å². The van der Waals surface area contributed by atoms with Gasteiger partial charge in [-0.25, -0.2) is 22.5 Å². The van der Waals surface area contributed by atoms with Crippen molar-refractivity contribution in [1.29, 1.82) is 5.26 Å². The Hall–Kier alpha value is -4.15. The number of rotatable bonds is 6. The van der Waals surface area contributed by atoms with Crippen molar-refractivity contribution in [2.75, 3.05) is 18.4 Å². The van der Waals surface area contributed by atoms with Gasteiger partial charge in [-0.15, -0.1) is 0 Å². The number of pyridine rings is 1. The number of anilines is 1. The fourth-order valence-electron chi connectivity index (χ4n) is 2.99. The van der Waals surface area contributed by atoms with E-state index in [0.29, 0.717) is 4.90 Å². The first-order valence-corrected chi connectivity index (χ1v) is 9.32. The highest BCUT2D eigenvalue weighted by Gasteiger charge is 2.47. The van der Waals surface area contributed by atoms with Crippen LogP contribution in [0.25, 0.3) is 0 Å². The summed E-state index contributed by atoms with van der Waals surface area (Å²) in [6.45, 7) is -1.59. The molecule has 1 unspecified atom stereocenters. The number of nitrogens with one attached hydrogen (secondary N) is 2. The van der Waals surface area contributed by atoms with Gasteiger partial charge in [0.15, 0.2) is 0 Å². The highest BCUT2D eigenvalue weighted by molar-refractivity contribution is 6.08. The number of halogens is 4. The lowest BCUT2D eigenvalue weighted by atomic mass is 10.2. The first-order chi connectivity index (χ1) is 15.6. The van der Waals surface area contributed by atoms with Crippen LogP contribution in [-0.2, 0) is 4.79 Å². The van der Waals surface area contributed by atoms with Gasteiger partial charge in [0.05, 0.1) is 49.0 Å². The zero-order valence-electron chi connectivity index (χ0n) is 16.6. The van der Waals surface area contributed by atoms with Crippen LogP contribution in [0.2, 0.25) is 0 Å². The molecule has 2 N–H and O–H groups in total. The number of hydrogen-bond acceptors (Lipinski definition) is 7. The fourth-order valence-corrected chi connectivity index (χ4v) is 2.99. The van der Waals surface area contributed by atoms with Crippen LogP contribution in [0.4, 0.5) is 23.2 Å². The molecule has 14 heteroatoms. The van der Waals surface area contributed by atoms with E-state index in [1.807, 2.05) is 0 Å². The van der Waals surface area contributed by atoms with Gasteiger partial charge in [-0.3, -0.25) is 24.4 Å². The predicted octanol–water partition coefficient (Wildman–Crippen LogP) is 1.55. The summed E-state index contributed by atoms with van der Waals surface area (Å²) >= 11 is 0. The largest absolute Gasteiger partial charge is 0.343 e. The summed E-state index contributed by atoms with van der Waals surface area (Å²) in [6.07, 6.45) is 0.284. The molecule has 172 valence electrons. The SMILES string of the molecule is N#CC1CC(F)(F)CN1C(=O)CNC(=O)c1ccncc1NC(=O)c1cnc(C(F)F)cn1. The third-order valence-electron chi connectivity index (χ3n) is 4.58. The van der Waals surface area contributed by atoms with E-state index in [-0.39, 0.29) is 16.9 Å². The fraction of sp³-hybridized carbons (Fsp3) is 0.316. The number of aromatic nitrogens is 3. The van der Waals surface area contributed by atoms with Crippen LogP contribution in [0.15, 0.2) is 30.9 Å². The van der Waals surface area contributed by atoms with Gasteiger partial charge < -0.3 is 15.5 Å². The van der Waals surface area contributed by atoms with Crippen molar-refractivity contribution in [2.45, 2.75) is 24.8 Å². The quantitative estimate of drug-likeness (QED) is 0.617. The molecule has 1 fully saturated rings. The van der Waals surface area contributed by atoms with Crippen LogP contribution >= 0.6 is 0 Å². The number of carbonyl (C=O) groups is 3. The highest BCUT2D eigenvalue weighted by Crippen LogP contribution is 2.31. The maximum absolute atomic E-state index is 13.5. The minimum Gasteiger partial charge on any atom is -0.343 e. The molecule has 0 bridgehead atoms. The van der Waals surface area contributed by atoms with Gasteiger partial charge in [-0.1, -0.05) is 0 Å². The molecule has 3 amide bonds. The lowest BCUT2D eigenvalue weighted by Crippen LogP contribution is -2.43. The summed E-state index contributed by atoms with van der Waals surface area (Å²) < 4.78 is 52.1. The molecule has 1 saturated heterocycles. The van der Waals surface area contributed by atoms with Crippen LogP contribution in [0, 0.1) is 11.3 Å². The standard InChI is InChI=1S/C19H15F4N7O3/c20-16(21)13-6-27-14(7-26-13)18(33)29-12-5-25-2-1-11(12)17(32)28-8-15(31)30-9-19(22,23)3-10(30)4-24/h1-2,5-7,10,16H,3,8-9H2,(H,28,32)(H,29,33). The van der Waals surface area contributed by atoms with Gasteiger partial charge in [0.25, 0.3) is 24.2 Å². The normalized spacial score (nSPS) is 16.8. The number of nitriles is 1. The number of hydrogen-bond donors (Lipinski definition) is 2. The number of alkyl halides is 4. The molecule has 1 aliphatic rings. The number of nitrogens with zero attached hydrogens (tertiary/aromatic N) is 5. The number of amides is 3. The maximum Gasteiger partial charge on any atom is 0.281 e. The lowest BCUT2D eigenvalue weighted by Gasteiger charge is -2.19. The minimum atomic E-state index is -3.20. The van der Waals surface area contributed by atoms with Crippen molar-refractivity contribution in [3.8, 4) is 6.07 Å². The highest BCUT2D eigenvalue weighted by atomic mass is 19.3. The molecule has 0 spiro atoms. The van der Waals surface area contributed by atoms with Crippen LogP contribution in [-0.4, -0.2) is 62.6 Å². The van der Waals surface area contributed by atoms with Crippen molar-refractivity contribution < 1.29 is 31.9 Å². The maximum atomic E-state index is 13.5. The third-order valence-corrected chi connectivity index (χ3v) is 4.58. The molecule has 1 atom stereocenters. The summed E-state index contributed by atoms with van der Waals surface area (Å²) in [5.74, 6) is -5.77. The number of likely N-dealkylation sites (tertiary alicyclic amines) is 1. The third kappa shape index (κ3) is 5.56. The zero-order valence-corrected chi connectivity index (χ0v) is 16.6. The van der Waals surface area contributed by atoms with Gasteiger partial charge in [0.2, 0.25) is 5.91 Å². The zero-order chi connectivity index (χ0) is 24.2. The van der Waals surface area contributed by atoms with Crippen molar-refractivity contribution in [3.63, 3.8) is 0 Å². The summed E-state index contributed by atoms with van der Waals surface area (Å²) in [5, 5.41) is 13.6. The van der Waals surface area contributed by atoms with E-state index < -0.39 is 61.3 Å². The van der Waals surface area contributed by atoms with Crippen LogP contribution < -0.4 is 10.6 Å². The molecule has 0 aliphatic carbocycles. The van der Waals surface area contributed by atoms with E-state index in [1.165, 1.54) is 12.3 Å². The smallest absolute Gasteiger partial charge is 0.281 e. The molecule has 3 rings (SSSR count). The van der Waals surface area contributed by atoms with Gasteiger partial charge in [-0.2, -0.15) is 5.26 Å². The molecule has 2 aromatic rings. The van der Waals surface area contributed by atoms with Gasteiger partial charge in [-0.05, 0) is 6.07 Å².